The second-order valence-electron chi connectivity index (χ2n) is 6.07. The molecule has 0 saturated heterocycles. The Morgan fingerprint density at radius 2 is 1.72 bits per heavy atom. The third-order valence-electron chi connectivity index (χ3n) is 4.15. The van der Waals surface area contributed by atoms with Crippen LogP contribution in [0.1, 0.15) is 12.5 Å². The molecule has 0 radical (unpaired) electrons. The molecule has 148 valence electrons. The Labute approximate surface area is 167 Å². The molecule has 9 nitrogen and oxygen atoms in total. The summed E-state index contributed by atoms with van der Waals surface area (Å²) in [6.07, 6.45) is 1.35. The van der Waals surface area contributed by atoms with Crippen LogP contribution in [0.2, 0.25) is 0 Å². The predicted molar refractivity (Wildman–Crippen MR) is 110 cm³/mol. The Morgan fingerprint density at radius 1 is 1.07 bits per heavy atom. The van der Waals surface area contributed by atoms with Gasteiger partial charge in [-0.25, -0.2) is 9.97 Å². The number of nitrogens with zero attached hydrogens (tertiary/aromatic N) is 4. The van der Waals surface area contributed by atoms with Crippen molar-refractivity contribution in [3.8, 4) is 0 Å². The van der Waals surface area contributed by atoms with Crippen molar-refractivity contribution in [3.63, 3.8) is 0 Å². The van der Waals surface area contributed by atoms with Crippen molar-refractivity contribution in [1.29, 1.82) is 0 Å². The average molecular weight is 392 g/mol. The molecule has 2 N–H and O–H groups in total. The van der Waals surface area contributed by atoms with Gasteiger partial charge in [0.05, 0.1) is 11.3 Å². The van der Waals surface area contributed by atoms with E-state index >= 15 is 0 Å². The third kappa shape index (κ3) is 4.83. The molecule has 0 atom stereocenters. The molecule has 1 aromatic heterocycles. The van der Waals surface area contributed by atoms with E-state index in [4.69, 9.17) is 0 Å². The Kier molecular flexibility index (Phi) is 6.31. The van der Waals surface area contributed by atoms with E-state index in [2.05, 4.69) is 20.8 Å². The van der Waals surface area contributed by atoms with Crippen LogP contribution in [0, 0.1) is 10.1 Å². The molecule has 0 saturated carbocycles. The van der Waals surface area contributed by atoms with E-state index in [-0.39, 0.29) is 29.7 Å². The number of hydrazine groups is 1. The molecule has 9 heteroatoms. The van der Waals surface area contributed by atoms with Crippen LogP contribution in [-0.2, 0) is 11.2 Å². The lowest BCUT2D eigenvalue weighted by molar-refractivity contribution is -0.383. The van der Waals surface area contributed by atoms with Gasteiger partial charge in [0.1, 0.15) is 6.33 Å². The van der Waals surface area contributed by atoms with Gasteiger partial charge in [-0.05, 0) is 24.6 Å². The topological polar surface area (TPSA) is 113 Å². The lowest BCUT2D eigenvalue weighted by atomic mass is 10.1. The second kappa shape index (κ2) is 9.27. The first-order chi connectivity index (χ1) is 14.1. The van der Waals surface area contributed by atoms with E-state index in [0.29, 0.717) is 6.54 Å². The number of nitrogens with one attached hydrogen (secondary N) is 2. The number of benzene rings is 2. The number of amides is 1. The van der Waals surface area contributed by atoms with Crippen LogP contribution in [0.3, 0.4) is 0 Å². The number of nitro groups is 1. The third-order valence-corrected chi connectivity index (χ3v) is 4.15. The number of para-hydroxylation sites is 1. The van der Waals surface area contributed by atoms with Gasteiger partial charge < -0.3 is 4.90 Å². The smallest absolute Gasteiger partial charge is 0.321 e. The fraction of sp³-hybridized carbons (Fsp3) is 0.150. The molecule has 3 aromatic rings. The van der Waals surface area contributed by atoms with Crippen molar-refractivity contribution < 1.29 is 9.72 Å². The van der Waals surface area contributed by atoms with Crippen LogP contribution >= 0.6 is 0 Å². The summed E-state index contributed by atoms with van der Waals surface area (Å²) in [5.41, 5.74) is 6.29. The zero-order chi connectivity index (χ0) is 20.6. The van der Waals surface area contributed by atoms with Gasteiger partial charge in [0.25, 0.3) is 0 Å². The standard InChI is InChI=1S/C20H20N6O3/c1-2-25(16-11-7-4-8-12-16)20-18(26(28)29)19(21-14-22-20)24-23-17(27)13-15-9-5-3-6-10-15/h3-12,14H,2,13H2,1H3,(H,23,27)(H,21,22,24). The fourth-order valence-corrected chi connectivity index (χ4v) is 2.84. The van der Waals surface area contributed by atoms with Crippen molar-refractivity contribution in [1.82, 2.24) is 15.4 Å². The maximum absolute atomic E-state index is 12.2. The number of carbonyl (C=O) groups is 1. The van der Waals surface area contributed by atoms with Gasteiger partial charge in [-0.2, -0.15) is 0 Å². The summed E-state index contributed by atoms with van der Waals surface area (Å²) in [5, 5.41) is 11.8. The summed E-state index contributed by atoms with van der Waals surface area (Å²) in [5.74, 6) is -0.296. The molecule has 0 fully saturated rings. The highest BCUT2D eigenvalue weighted by Crippen LogP contribution is 2.35. The van der Waals surface area contributed by atoms with E-state index < -0.39 is 4.92 Å². The highest BCUT2D eigenvalue weighted by molar-refractivity contribution is 5.81. The molecule has 29 heavy (non-hydrogen) atoms. The van der Waals surface area contributed by atoms with E-state index in [1.54, 1.807) is 4.90 Å². The fourth-order valence-electron chi connectivity index (χ4n) is 2.84. The molecule has 0 aliphatic rings. The van der Waals surface area contributed by atoms with Gasteiger partial charge in [0.15, 0.2) is 0 Å². The summed E-state index contributed by atoms with van der Waals surface area (Å²) in [7, 11) is 0. The molecule has 0 aliphatic carbocycles. The molecule has 0 spiro atoms. The van der Waals surface area contributed by atoms with Crippen LogP contribution in [0.15, 0.2) is 67.0 Å². The molecule has 0 aliphatic heterocycles. The average Bonchev–Trinajstić information content (AvgIpc) is 2.74. The highest BCUT2D eigenvalue weighted by Gasteiger charge is 2.27. The molecular formula is C20H20N6O3. The molecule has 3 rings (SSSR count). The van der Waals surface area contributed by atoms with Crippen LogP contribution in [-0.4, -0.2) is 27.3 Å². The first kappa shape index (κ1) is 19.7. The summed E-state index contributed by atoms with van der Waals surface area (Å²) in [4.78, 5) is 33.2. The number of anilines is 3. The van der Waals surface area contributed by atoms with Crippen LogP contribution in [0.4, 0.5) is 23.0 Å². The Balaban J connectivity index is 1.83. The van der Waals surface area contributed by atoms with Gasteiger partial charge in [0, 0.05) is 12.2 Å². The zero-order valence-corrected chi connectivity index (χ0v) is 15.8. The summed E-state index contributed by atoms with van der Waals surface area (Å²) in [6, 6.07) is 18.4. The van der Waals surface area contributed by atoms with Crippen LogP contribution < -0.4 is 15.8 Å². The van der Waals surface area contributed by atoms with E-state index in [1.165, 1.54) is 6.33 Å². The number of hydrogen-bond acceptors (Lipinski definition) is 7. The predicted octanol–water partition coefficient (Wildman–Crippen LogP) is 3.23. The van der Waals surface area contributed by atoms with Crippen LogP contribution in [0.5, 0.6) is 0 Å². The van der Waals surface area contributed by atoms with Gasteiger partial charge in [0.2, 0.25) is 17.5 Å². The quantitative estimate of drug-likeness (QED) is 0.447. The van der Waals surface area contributed by atoms with Crippen molar-refractivity contribution in [3.05, 3.63) is 82.7 Å². The minimum atomic E-state index is -0.563. The summed E-state index contributed by atoms with van der Waals surface area (Å²) >= 11 is 0. The highest BCUT2D eigenvalue weighted by atomic mass is 16.6. The molecule has 0 bridgehead atoms. The Bertz CT molecular complexity index is 982. The van der Waals surface area contributed by atoms with Crippen molar-refractivity contribution in [2.24, 2.45) is 0 Å². The maximum Gasteiger partial charge on any atom is 0.355 e. The number of aromatic nitrogens is 2. The minimum absolute atomic E-state index is 0.0872. The normalized spacial score (nSPS) is 10.2. The minimum Gasteiger partial charge on any atom is -0.321 e. The van der Waals surface area contributed by atoms with Crippen molar-refractivity contribution >= 4 is 28.9 Å². The van der Waals surface area contributed by atoms with E-state index in [9.17, 15) is 14.9 Å². The molecule has 1 heterocycles. The number of carbonyl (C=O) groups excluding carboxylic acids is 1. The molecule has 0 unspecified atom stereocenters. The van der Waals surface area contributed by atoms with Crippen LogP contribution in [0.25, 0.3) is 0 Å². The SMILES string of the molecule is CCN(c1ccccc1)c1ncnc(NNC(=O)Cc2ccccc2)c1[N+](=O)[O-]. The molecule has 2 aromatic carbocycles. The van der Waals surface area contributed by atoms with E-state index in [0.717, 1.165) is 11.3 Å². The number of hydrogen-bond donors (Lipinski definition) is 2. The maximum atomic E-state index is 12.2. The monoisotopic (exact) mass is 392 g/mol. The first-order valence-electron chi connectivity index (χ1n) is 9.01. The zero-order valence-electron chi connectivity index (χ0n) is 15.8. The van der Waals surface area contributed by atoms with Gasteiger partial charge >= 0.3 is 5.69 Å². The van der Waals surface area contributed by atoms with Gasteiger partial charge in [-0.1, -0.05) is 48.5 Å². The lowest BCUT2D eigenvalue weighted by Crippen LogP contribution is -2.32. The van der Waals surface area contributed by atoms with Crippen molar-refractivity contribution in [2.75, 3.05) is 16.9 Å². The molecular weight excluding hydrogens is 372 g/mol. The van der Waals surface area contributed by atoms with Gasteiger partial charge in [-0.3, -0.25) is 25.8 Å². The molecule has 1 amide bonds. The summed E-state index contributed by atoms with van der Waals surface area (Å²) in [6.45, 7) is 2.33. The number of rotatable bonds is 8. The Hall–Kier alpha value is -4.01. The lowest BCUT2D eigenvalue weighted by Gasteiger charge is -2.22. The summed E-state index contributed by atoms with van der Waals surface area (Å²) < 4.78 is 0. The Morgan fingerprint density at radius 3 is 2.34 bits per heavy atom. The van der Waals surface area contributed by atoms with E-state index in [1.807, 2.05) is 67.6 Å². The first-order valence-corrected chi connectivity index (χ1v) is 9.01. The van der Waals surface area contributed by atoms with Crippen molar-refractivity contribution in [2.45, 2.75) is 13.3 Å². The largest absolute Gasteiger partial charge is 0.355 e. The van der Waals surface area contributed by atoms with Gasteiger partial charge in [-0.15, -0.1) is 0 Å². The second-order valence-corrected chi connectivity index (χ2v) is 6.07.